The monoisotopic (exact) mass is 301 g/mol. The number of hydrogen-bond acceptors (Lipinski definition) is 2. The first-order valence-corrected chi connectivity index (χ1v) is 6.67. The maximum Gasteiger partial charge on any atom is 0.124 e. The smallest absolute Gasteiger partial charge is 0.124 e. The topological polar surface area (TPSA) is 21.3 Å². The molecule has 1 aliphatic heterocycles. The molecule has 17 heavy (non-hydrogen) atoms. The van der Waals surface area contributed by atoms with Gasteiger partial charge in [-0.25, -0.2) is 4.39 Å². The standard InChI is InChI=1S/C13H17BrFNO/c1-13(5-2-6-16-9-13)17-8-10-3-4-11(15)7-12(10)14/h3-4,7,16H,2,5-6,8-9H2,1H3. The Bertz CT molecular complexity index is 391. The van der Waals surface area contributed by atoms with Crippen LogP contribution in [0.3, 0.4) is 0 Å². The third-order valence-corrected chi connectivity index (χ3v) is 3.89. The van der Waals surface area contributed by atoms with E-state index in [-0.39, 0.29) is 11.4 Å². The van der Waals surface area contributed by atoms with Gasteiger partial charge in [0.1, 0.15) is 5.82 Å². The van der Waals surface area contributed by atoms with E-state index in [0.717, 1.165) is 36.0 Å². The van der Waals surface area contributed by atoms with Gasteiger partial charge in [-0.15, -0.1) is 0 Å². The van der Waals surface area contributed by atoms with E-state index in [1.54, 1.807) is 6.07 Å². The third kappa shape index (κ3) is 3.50. The zero-order valence-corrected chi connectivity index (χ0v) is 11.5. The summed E-state index contributed by atoms with van der Waals surface area (Å²) in [6, 6.07) is 4.70. The number of ether oxygens (including phenoxy) is 1. The maximum atomic E-state index is 12.9. The number of rotatable bonds is 3. The Hall–Kier alpha value is -0.450. The van der Waals surface area contributed by atoms with Gasteiger partial charge in [-0.2, -0.15) is 0 Å². The first-order chi connectivity index (χ1) is 8.09. The molecule has 2 rings (SSSR count). The van der Waals surface area contributed by atoms with Crippen molar-refractivity contribution in [1.29, 1.82) is 0 Å². The van der Waals surface area contributed by atoms with Crippen molar-refractivity contribution in [2.75, 3.05) is 13.1 Å². The number of halogens is 2. The van der Waals surface area contributed by atoms with Crippen molar-refractivity contribution in [2.24, 2.45) is 0 Å². The molecule has 1 N–H and O–H groups in total. The molecule has 94 valence electrons. The van der Waals surface area contributed by atoms with Gasteiger partial charge in [0.05, 0.1) is 12.2 Å². The summed E-state index contributed by atoms with van der Waals surface area (Å²) >= 11 is 3.35. The molecule has 1 aromatic carbocycles. The molecular weight excluding hydrogens is 285 g/mol. The van der Waals surface area contributed by atoms with Crippen LogP contribution in [0.5, 0.6) is 0 Å². The largest absolute Gasteiger partial charge is 0.369 e. The molecule has 0 spiro atoms. The molecule has 1 heterocycles. The third-order valence-electron chi connectivity index (χ3n) is 3.15. The van der Waals surface area contributed by atoms with Crippen molar-refractivity contribution in [3.8, 4) is 0 Å². The Kier molecular flexibility index (Phi) is 4.17. The van der Waals surface area contributed by atoms with Gasteiger partial charge in [-0.1, -0.05) is 22.0 Å². The number of benzene rings is 1. The zero-order chi connectivity index (χ0) is 12.3. The molecule has 0 amide bonds. The van der Waals surface area contributed by atoms with Gasteiger partial charge in [-0.05, 0) is 44.0 Å². The maximum absolute atomic E-state index is 12.9. The van der Waals surface area contributed by atoms with E-state index in [4.69, 9.17) is 4.74 Å². The van der Waals surface area contributed by atoms with Crippen LogP contribution in [0.4, 0.5) is 4.39 Å². The highest BCUT2D eigenvalue weighted by Gasteiger charge is 2.27. The normalized spacial score (nSPS) is 24.9. The molecule has 2 nitrogen and oxygen atoms in total. The minimum Gasteiger partial charge on any atom is -0.369 e. The second-order valence-electron chi connectivity index (χ2n) is 4.75. The molecule has 1 atom stereocenters. The van der Waals surface area contributed by atoms with Crippen molar-refractivity contribution >= 4 is 15.9 Å². The van der Waals surface area contributed by atoms with Crippen LogP contribution in [-0.2, 0) is 11.3 Å². The van der Waals surface area contributed by atoms with Crippen molar-refractivity contribution in [3.05, 3.63) is 34.1 Å². The molecular formula is C13H17BrFNO. The lowest BCUT2D eigenvalue weighted by molar-refractivity contribution is -0.0573. The van der Waals surface area contributed by atoms with Gasteiger partial charge >= 0.3 is 0 Å². The van der Waals surface area contributed by atoms with Crippen molar-refractivity contribution < 1.29 is 9.13 Å². The number of nitrogens with one attached hydrogen (secondary N) is 1. The minimum atomic E-state index is -0.230. The highest BCUT2D eigenvalue weighted by molar-refractivity contribution is 9.10. The van der Waals surface area contributed by atoms with Gasteiger partial charge < -0.3 is 10.1 Å². The van der Waals surface area contributed by atoms with Crippen LogP contribution in [0.2, 0.25) is 0 Å². The van der Waals surface area contributed by atoms with E-state index in [0.29, 0.717) is 6.61 Å². The fourth-order valence-corrected chi connectivity index (χ4v) is 2.51. The molecule has 0 bridgehead atoms. The van der Waals surface area contributed by atoms with Crippen molar-refractivity contribution in [3.63, 3.8) is 0 Å². The summed E-state index contributed by atoms with van der Waals surface area (Å²) < 4.78 is 19.7. The molecule has 1 unspecified atom stereocenters. The average molecular weight is 302 g/mol. The fourth-order valence-electron chi connectivity index (χ4n) is 2.04. The summed E-state index contributed by atoms with van der Waals surface area (Å²) in [6.45, 7) is 4.58. The van der Waals surface area contributed by atoms with Crippen LogP contribution in [0, 0.1) is 5.82 Å². The Labute approximate surface area is 110 Å². The average Bonchev–Trinajstić information content (AvgIpc) is 2.29. The molecule has 1 saturated heterocycles. The fraction of sp³-hybridized carbons (Fsp3) is 0.538. The second kappa shape index (κ2) is 5.46. The highest BCUT2D eigenvalue weighted by Crippen LogP contribution is 2.24. The summed E-state index contributed by atoms with van der Waals surface area (Å²) in [5.41, 5.74) is 0.879. The highest BCUT2D eigenvalue weighted by atomic mass is 79.9. The Morgan fingerprint density at radius 3 is 3.00 bits per heavy atom. The van der Waals surface area contributed by atoms with Crippen LogP contribution >= 0.6 is 15.9 Å². The van der Waals surface area contributed by atoms with Crippen LogP contribution in [0.15, 0.2) is 22.7 Å². The number of piperidine rings is 1. The van der Waals surface area contributed by atoms with E-state index in [2.05, 4.69) is 28.2 Å². The van der Waals surface area contributed by atoms with E-state index in [9.17, 15) is 4.39 Å². The Morgan fingerprint density at radius 2 is 2.35 bits per heavy atom. The predicted molar refractivity (Wildman–Crippen MR) is 69.4 cm³/mol. The quantitative estimate of drug-likeness (QED) is 0.925. The molecule has 4 heteroatoms. The summed E-state index contributed by atoms with van der Waals surface area (Å²) in [5, 5.41) is 3.34. The first-order valence-electron chi connectivity index (χ1n) is 5.88. The van der Waals surface area contributed by atoms with Crippen LogP contribution in [0.1, 0.15) is 25.3 Å². The van der Waals surface area contributed by atoms with Gasteiger partial charge in [0.25, 0.3) is 0 Å². The molecule has 0 saturated carbocycles. The second-order valence-corrected chi connectivity index (χ2v) is 5.61. The van der Waals surface area contributed by atoms with Crippen molar-refractivity contribution in [1.82, 2.24) is 5.32 Å². The SMILES string of the molecule is CC1(OCc2ccc(F)cc2Br)CCCNC1. The van der Waals surface area contributed by atoms with Crippen LogP contribution in [-0.4, -0.2) is 18.7 Å². The first kappa shape index (κ1) is 13.0. The lowest BCUT2D eigenvalue weighted by Gasteiger charge is -2.34. The van der Waals surface area contributed by atoms with Gasteiger partial charge in [-0.3, -0.25) is 0 Å². The van der Waals surface area contributed by atoms with E-state index < -0.39 is 0 Å². The van der Waals surface area contributed by atoms with Crippen LogP contribution in [0.25, 0.3) is 0 Å². The minimum absolute atomic E-state index is 0.105. The summed E-state index contributed by atoms with van der Waals surface area (Å²) in [7, 11) is 0. The molecule has 0 aromatic heterocycles. The molecule has 0 radical (unpaired) electrons. The van der Waals surface area contributed by atoms with Gasteiger partial charge in [0.2, 0.25) is 0 Å². The van der Waals surface area contributed by atoms with Crippen LogP contribution < -0.4 is 5.32 Å². The molecule has 1 aliphatic rings. The lowest BCUT2D eigenvalue weighted by Crippen LogP contribution is -2.45. The molecule has 0 aliphatic carbocycles. The summed E-state index contributed by atoms with van der Waals surface area (Å²) in [5.74, 6) is -0.230. The summed E-state index contributed by atoms with van der Waals surface area (Å²) in [4.78, 5) is 0. The van der Waals surface area contributed by atoms with Gasteiger partial charge in [0, 0.05) is 11.0 Å². The summed E-state index contributed by atoms with van der Waals surface area (Å²) in [6.07, 6.45) is 2.21. The lowest BCUT2D eigenvalue weighted by atomic mass is 9.96. The molecule has 1 fully saturated rings. The van der Waals surface area contributed by atoms with Crippen molar-refractivity contribution in [2.45, 2.75) is 32.0 Å². The zero-order valence-electron chi connectivity index (χ0n) is 9.93. The Morgan fingerprint density at radius 1 is 1.53 bits per heavy atom. The molecule has 1 aromatic rings. The number of hydrogen-bond donors (Lipinski definition) is 1. The van der Waals surface area contributed by atoms with Gasteiger partial charge in [0.15, 0.2) is 0 Å². The predicted octanol–water partition coefficient (Wildman–Crippen LogP) is 3.25. The van der Waals surface area contributed by atoms with E-state index in [1.807, 2.05) is 0 Å². The van der Waals surface area contributed by atoms with E-state index >= 15 is 0 Å². The Balaban J connectivity index is 1.97. The van der Waals surface area contributed by atoms with E-state index in [1.165, 1.54) is 12.1 Å².